The first-order valence-corrected chi connectivity index (χ1v) is 11.2. The molecule has 1 aliphatic rings. The van der Waals surface area contributed by atoms with Gasteiger partial charge in [-0.1, -0.05) is 0 Å². The number of nitrogens with one attached hydrogen (secondary N) is 2. The maximum absolute atomic E-state index is 12.5. The van der Waals surface area contributed by atoms with Crippen LogP contribution in [0.2, 0.25) is 0 Å². The third-order valence-electron chi connectivity index (χ3n) is 4.69. The Bertz CT molecular complexity index is 934. The van der Waals surface area contributed by atoms with E-state index in [-0.39, 0.29) is 10.8 Å². The highest BCUT2D eigenvalue weighted by atomic mass is 32.2. The van der Waals surface area contributed by atoms with Gasteiger partial charge >= 0.3 is 0 Å². The summed E-state index contributed by atoms with van der Waals surface area (Å²) in [5.41, 5.74) is 2.38. The number of amides is 1. The van der Waals surface area contributed by atoms with Gasteiger partial charge in [0.15, 0.2) is 0 Å². The van der Waals surface area contributed by atoms with Crippen LogP contribution in [-0.4, -0.2) is 48.2 Å². The molecule has 0 unspecified atom stereocenters. The highest BCUT2D eigenvalue weighted by Gasteiger charge is 2.26. The lowest BCUT2D eigenvalue weighted by Gasteiger charge is -2.15. The molecule has 2 heterocycles. The SMILES string of the molecule is Cc1cc(C)nc(NCCCC(=O)Nc2ccc(S(=O)(=O)N3CCCC3)cc2)n1. The average molecular weight is 418 g/mol. The third kappa shape index (κ3) is 5.74. The zero-order valence-corrected chi connectivity index (χ0v) is 17.6. The number of carbonyl (C=O) groups excluding carboxylic acids is 1. The molecule has 8 nitrogen and oxygen atoms in total. The number of nitrogens with zero attached hydrogens (tertiary/aromatic N) is 3. The van der Waals surface area contributed by atoms with Crippen LogP contribution >= 0.6 is 0 Å². The van der Waals surface area contributed by atoms with E-state index in [2.05, 4.69) is 20.6 Å². The van der Waals surface area contributed by atoms with Crippen LogP contribution in [0.4, 0.5) is 11.6 Å². The highest BCUT2D eigenvalue weighted by Crippen LogP contribution is 2.22. The second kappa shape index (κ2) is 9.32. The number of rotatable bonds is 8. The molecule has 0 radical (unpaired) electrons. The predicted octanol–water partition coefficient (Wildman–Crippen LogP) is 2.71. The molecule has 2 N–H and O–H groups in total. The van der Waals surface area contributed by atoms with E-state index >= 15 is 0 Å². The summed E-state index contributed by atoms with van der Waals surface area (Å²) in [6.07, 6.45) is 2.77. The molecule has 2 aromatic rings. The maximum Gasteiger partial charge on any atom is 0.243 e. The van der Waals surface area contributed by atoms with Crippen molar-refractivity contribution in [3.05, 3.63) is 41.7 Å². The molecule has 1 saturated heterocycles. The average Bonchev–Trinajstić information content (AvgIpc) is 3.21. The van der Waals surface area contributed by atoms with Crippen molar-refractivity contribution in [3.63, 3.8) is 0 Å². The van der Waals surface area contributed by atoms with Gasteiger partial charge in [0.25, 0.3) is 0 Å². The second-order valence-electron chi connectivity index (χ2n) is 7.19. The minimum Gasteiger partial charge on any atom is -0.354 e. The van der Waals surface area contributed by atoms with Crippen molar-refractivity contribution < 1.29 is 13.2 Å². The van der Waals surface area contributed by atoms with Crippen molar-refractivity contribution in [2.24, 2.45) is 0 Å². The van der Waals surface area contributed by atoms with Crippen molar-refractivity contribution in [2.75, 3.05) is 30.3 Å². The number of carbonyl (C=O) groups is 1. The van der Waals surface area contributed by atoms with Gasteiger partial charge in [0.2, 0.25) is 21.9 Å². The van der Waals surface area contributed by atoms with Crippen molar-refractivity contribution in [1.29, 1.82) is 0 Å². The van der Waals surface area contributed by atoms with Crippen molar-refractivity contribution in [3.8, 4) is 0 Å². The first-order chi connectivity index (χ1) is 13.8. The standard InChI is InChI=1S/C20H27N5O3S/c1-15-14-16(2)23-20(22-15)21-11-5-6-19(26)24-17-7-9-18(10-8-17)29(27,28)25-12-3-4-13-25/h7-10,14H,3-6,11-13H2,1-2H3,(H,24,26)(H,21,22,23). The van der Waals surface area contributed by atoms with E-state index in [4.69, 9.17) is 0 Å². The molecular weight excluding hydrogens is 390 g/mol. The molecule has 0 saturated carbocycles. The number of benzene rings is 1. The number of hydrogen-bond acceptors (Lipinski definition) is 6. The molecule has 0 spiro atoms. The Morgan fingerprint density at radius 2 is 1.69 bits per heavy atom. The Balaban J connectivity index is 1.45. The van der Waals surface area contributed by atoms with Gasteiger partial charge in [-0.05, 0) is 63.4 Å². The summed E-state index contributed by atoms with van der Waals surface area (Å²) in [6.45, 7) is 5.55. The zero-order chi connectivity index (χ0) is 20.9. The first-order valence-electron chi connectivity index (χ1n) is 9.81. The van der Waals surface area contributed by atoms with Crippen LogP contribution < -0.4 is 10.6 Å². The van der Waals surface area contributed by atoms with Gasteiger partial charge in [-0.2, -0.15) is 4.31 Å². The number of aromatic nitrogens is 2. The summed E-state index contributed by atoms with van der Waals surface area (Å²) in [6, 6.07) is 8.25. The highest BCUT2D eigenvalue weighted by molar-refractivity contribution is 7.89. The van der Waals surface area contributed by atoms with Gasteiger partial charge < -0.3 is 10.6 Å². The molecule has 1 fully saturated rings. The van der Waals surface area contributed by atoms with E-state index in [1.807, 2.05) is 19.9 Å². The molecule has 1 aromatic heterocycles. The van der Waals surface area contributed by atoms with Gasteiger partial charge in [0.1, 0.15) is 0 Å². The quantitative estimate of drug-likeness (QED) is 0.640. The van der Waals surface area contributed by atoms with Crippen LogP contribution in [0.15, 0.2) is 35.2 Å². The van der Waals surface area contributed by atoms with E-state index in [9.17, 15) is 13.2 Å². The van der Waals surface area contributed by atoms with Crippen LogP contribution in [0.25, 0.3) is 0 Å². The van der Waals surface area contributed by atoms with Gasteiger partial charge in [-0.25, -0.2) is 18.4 Å². The fraction of sp³-hybridized carbons (Fsp3) is 0.450. The largest absolute Gasteiger partial charge is 0.354 e. The molecule has 156 valence electrons. The molecule has 9 heteroatoms. The summed E-state index contributed by atoms with van der Waals surface area (Å²) in [4.78, 5) is 21.0. The van der Waals surface area contributed by atoms with Gasteiger partial charge in [-0.15, -0.1) is 0 Å². The first kappa shape index (κ1) is 21.2. The molecular formula is C20H27N5O3S. The summed E-state index contributed by atoms with van der Waals surface area (Å²) >= 11 is 0. The molecule has 29 heavy (non-hydrogen) atoms. The lowest BCUT2D eigenvalue weighted by molar-refractivity contribution is -0.116. The summed E-state index contributed by atoms with van der Waals surface area (Å²) in [7, 11) is -3.43. The second-order valence-corrected chi connectivity index (χ2v) is 9.13. The fourth-order valence-electron chi connectivity index (χ4n) is 3.27. The fourth-order valence-corrected chi connectivity index (χ4v) is 4.78. The molecule has 1 amide bonds. The van der Waals surface area contributed by atoms with Crippen LogP contribution in [0.5, 0.6) is 0 Å². The lowest BCUT2D eigenvalue weighted by atomic mass is 10.2. The predicted molar refractivity (Wildman–Crippen MR) is 112 cm³/mol. The minimum atomic E-state index is -3.43. The monoisotopic (exact) mass is 417 g/mol. The number of anilines is 2. The topological polar surface area (TPSA) is 104 Å². The van der Waals surface area contributed by atoms with Crippen LogP contribution in [0, 0.1) is 13.8 Å². The zero-order valence-electron chi connectivity index (χ0n) is 16.8. The Labute approximate surface area is 171 Å². The number of aryl methyl sites for hydroxylation is 2. The van der Waals surface area contributed by atoms with Crippen LogP contribution in [-0.2, 0) is 14.8 Å². The molecule has 0 aliphatic carbocycles. The third-order valence-corrected chi connectivity index (χ3v) is 6.60. The van der Waals surface area contributed by atoms with Crippen LogP contribution in [0.3, 0.4) is 0 Å². The Morgan fingerprint density at radius 3 is 2.31 bits per heavy atom. The molecule has 1 aliphatic heterocycles. The van der Waals surface area contributed by atoms with E-state index in [0.29, 0.717) is 44.1 Å². The van der Waals surface area contributed by atoms with E-state index in [0.717, 1.165) is 24.2 Å². The Kier molecular flexibility index (Phi) is 6.81. The molecule has 1 aromatic carbocycles. The molecule has 0 atom stereocenters. The lowest BCUT2D eigenvalue weighted by Crippen LogP contribution is -2.27. The van der Waals surface area contributed by atoms with Crippen molar-refractivity contribution >= 4 is 27.6 Å². The summed E-state index contributed by atoms with van der Waals surface area (Å²) < 4.78 is 26.6. The number of hydrogen-bond donors (Lipinski definition) is 2. The van der Waals surface area contributed by atoms with E-state index < -0.39 is 10.0 Å². The van der Waals surface area contributed by atoms with Crippen molar-refractivity contribution in [2.45, 2.75) is 44.4 Å². The van der Waals surface area contributed by atoms with Crippen molar-refractivity contribution in [1.82, 2.24) is 14.3 Å². The summed E-state index contributed by atoms with van der Waals surface area (Å²) in [5.74, 6) is 0.445. The smallest absolute Gasteiger partial charge is 0.243 e. The minimum absolute atomic E-state index is 0.122. The van der Waals surface area contributed by atoms with E-state index in [1.165, 1.54) is 4.31 Å². The molecule has 3 rings (SSSR count). The van der Waals surface area contributed by atoms with Crippen LogP contribution in [0.1, 0.15) is 37.1 Å². The normalized spacial score (nSPS) is 14.7. The summed E-state index contributed by atoms with van der Waals surface area (Å²) in [5, 5.41) is 5.92. The van der Waals surface area contributed by atoms with Gasteiger partial charge in [0.05, 0.1) is 4.90 Å². The maximum atomic E-state index is 12.5. The van der Waals surface area contributed by atoms with Gasteiger partial charge in [-0.3, -0.25) is 4.79 Å². The molecule has 0 bridgehead atoms. The Hall–Kier alpha value is -2.52. The van der Waals surface area contributed by atoms with Gasteiger partial charge in [0, 0.05) is 43.1 Å². The van der Waals surface area contributed by atoms with E-state index in [1.54, 1.807) is 24.3 Å². The number of sulfonamides is 1. The Morgan fingerprint density at radius 1 is 1.07 bits per heavy atom.